The van der Waals surface area contributed by atoms with Gasteiger partial charge in [0.25, 0.3) is 5.56 Å². The molecular formula is C13H19N6O6P. The van der Waals surface area contributed by atoms with Crippen molar-refractivity contribution in [2.24, 2.45) is 0 Å². The van der Waals surface area contributed by atoms with E-state index in [0.29, 0.717) is 6.42 Å². The lowest BCUT2D eigenvalue weighted by molar-refractivity contribution is -0.132. The Morgan fingerprint density at radius 2 is 2.19 bits per heavy atom. The van der Waals surface area contributed by atoms with Gasteiger partial charge in [0.15, 0.2) is 11.2 Å². The Balaban J connectivity index is 1.84. The predicted molar refractivity (Wildman–Crippen MR) is 90.3 cm³/mol. The third kappa shape index (κ3) is 3.63. The molecule has 3 heterocycles. The molecule has 1 aliphatic heterocycles. The van der Waals surface area contributed by atoms with Gasteiger partial charge in [-0.25, -0.2) is 4.98 Å². The summed E-state index contributed by atoms with van der Waals surface area (Å²) in [5, 5.41) is 9.57. The zero-order valence-corrected chi connectivity index (χ0v) is 14.5. The molecule has 1 fully saturated rings. The first kappa shape index (κ1) is 18.5. The van der Waals surface area contributed by atoms with Crippen LogP contribution in [0.15, 0.2) is 11.1 Å². The lowest BCUT2D eigenvalue weighted by Gasteiger charge is -2.23. The standard InChI is InChI=1S/C13H19N6O6P/c14-13-16-11-10(12(22)17-13)15-6-19(11)7-3-8(5-20)18(4-7)9(21)1-2-26(23,24)25/h6-8,20H,1-5H2,(H2,23,24,25)(H3,14,16,17,22). The molecule has 26 heavy (non-hydrogen) atoms. The van der Waals surface area contributed by atoms with Crippen LogP contribution in [0.4, 0.5) is 5.95 Å². The number of rotatable bonds is 5. The summed E-state index contributed by atoms with van der Waals surface area (Å²) in [6, 6.07) is -0.800. The molecule has 2 unspecified atom stereocenters. The van der Waals surface area contributed by atoms with Crippen molar-refractivity contribution in [2.75, 3.05) is 25.0 Å². The molecule has 0 bridgehead atoms. The smallest absolute Gasteiger partial charge is 0.326 e. The average Bonchev–Trinajstić information content (AvgIpc) is 3.15. The minimum absolute atomic E-state index is 0.0597. The van der Waals surface area contributed by atoms with Crippen LogP contribution in [0.25, 0.3) is 11.2 Å². The van der Waals surface area contributed by atoms with Crippen molar-refractivity contribution in [3.63, 3.8) is 0 Å². The number of likely N-dealkylation sites (tertiary alicyclic amines) is 1. The molecule has 1 aliphatic rings. The number of aromatic amines is 1. The molecule has 0 aromatic carbocycles. The van der Waals surface area contributed by atoms with E-state index in [-0.39, 0.29) is 42.7 Å². The molecule has 142 valence electrons. The topological polar surface area (TPSA) is 188 Å². The van der Waals surface area contributed by atoms with E-state index in [4.69, 9.17) is 15.5 Å². The summed E-state index contributed by atoms with van der Waals surface area (Å²) in [6.45, 7) is -0.0913. The van der Waals surface area contributed by atoms with Crippen molar-refractivity contribution in [3.05, 3.63) is 16.7 Å². The number of fused-ring (bicyclic) bond motifs is 1. The lowest BCUT2D eigenvalue weighted by atomic mass is 10.2. The number of nitrogen functional groups attached to an aromatic ring is 1. The zero-order chi connectivity index (χ0) is 19.1. The molecule has 1 amide bonds. The van der Waals surface area contributed by atoms with Gasteiger partial charge in [-0.3, -0.25) is 19.1 Å². The first-order valence-electron chi connectivity index (χ1n) is 7.87. The Morgan fingerprint density at radius 1 is 1.46 bits per heavy atom. The van der Waals surface area contributed by atoms with E-state index in [9.17, 15) is 19.3 Å². The Hall–Kier alpha value is -2.27. The summed E-state index contributed by atoms with van der Waals surface area (Å²) in [7, 11) is -4.28. The van der Waals surface area contributed by atoms with Gasteiger partial charge in [-0.1, -0.05) is 0 Å². The number of aliphatic hydroxyl groups excluding tert-OH is 1. The van der Waals surface area contributed by atoms with Gasteiger partial charge in [-0.15, -0.1) is 0 Å². The first-order chi connectivity index (χ1) is 12.2. The number of H-pyrrole nitrogens is 1. The number of imidazole rings is 1. The van der Waals surface area contributed by atoms with E-state index < -0.39 is 31.3 Å². The van der Waals surface area contributed by atoms with Crippen molar-refractivity contribution in [2.45, 2.75) is 24.9 Å². The van der Waals surface area contributed by atoms with Crippen LogP contribution in [0.2, 0.25) is 0 Å². The molecule has 3 rings (SSSR count). The van der Waals surface area contributed by atoms with E-state index in [0.717, 1.165) is 0 Å². The monoisotopic (exact) mass is 386 g/mol. The summed E-state index contributed by atoms with van der Waals surface area (Å²) in [6.07, 6.45) is 0.947. The van der Waals surface area contributed by atoms with Gasteiger partial charge >= 0.3 is 7.60 Å². The van der Waals surface area contributed by atoms with Crippen LogP contribution in [0, 0.1) is 0 Å². The number of amides is 1. The summed E-state index contributed by atoms with van der Waals surface area (Å²) in [5.74, 6) is -0.514. The summed E-state index contributed by atoms with van der Waals surface area (Å²) in [4.78, 5) is 53.9. The second-order valence-electron chi connectivity index (χ2n) is 6.19. The van der Waals surface area contributed by atoms with E-state index in [1.54, 1.807) is 4.57 Å². The van der Waals surface area contributed by atoms with Crippen LogP contribution in [0.5, 0.6) is 0 Å². The molecule has 2 atom stereocenters. The maximum Gasteiger partial charge on any atom is 0.326 e. The van der Waals surface area contributed by atoms with Crippen LogP contribution < -0.4 is 11.3 Å². The third-order valence-electron chi connectivity index (χ3n) is 4.38. The van der Waals surface area contributed by atoms with Crippen molar-refractivity contribution < 1.29 is 24.3 Å². The number of nitrogens with two attached hydrogens (primary N) is 1. The van der Waals surface area contributed by atoms with E-state index in [2.05, 4.69) is 15.0 Å². The molecular weight excluding hydrogens is 367 g/mol. The minimum atomic E-state index is -4.28. The fourth-order valence-electron chi connectivity index (χ4n) is 3.17. The van der Waals surface area contributed by atoms with Crippen LogP contribution in [0.1, 0.15) is 18.9 Å². The largest absolute Gasteiger partial charge is 0.394 e. The summed E-state index contributed by atoms with van der Waals surface area (Å²) < 4.78 is 12.6. The van der Waals surface area contributed by atoms with Crippen LogP contribution in [-0.4, -0.2) is 70.6 Å². The van der Waals surface area contributed by atoms with Gasteiger partial charge < -0.3 is 30.1 Å². The zero-order valence-electron chi connectivity index (χ0n) is 13.6. The third-order valence-corrected chi connectivity index (χ3v) is 5.19. The van der Waals surface area contributed by atoms with E-state index in [1.165, 1.54) is 11.2 Å². The van der Waals surface area contributed by atoms with Crippen LogP contribution in [-0.2, 0) is 9.36 Å². The normalized spacial score (nSPS) is 20.8. The number of carbonyl (C=O) groups excluding carboxylic acids is 1. The predicted octanol–water partition coefficient (Wildman–Crippen LogP) is -1.60. The highest BCUT2D eigenvalue weighted by atomic mass is 31.2. The maximum absolute atomic E-state index is 12.3. The average molecular weight is 386 g/mol. The number of anilines is 1. The van der Waals surface area contributed by atoms with Gasteiger partial charge in [-0.2, -0.15) is 4.98 Å². The Morgan fingerprint density at radius 3 is 2.85 bits per heavy atom. The molecule has 1 saturated heterocycles. The molecule has 0 saturated carbocycles. The highest BCUT2D eigenvalue weighted by molar-refractivity contribution is 7.51. The number of hydrogen-bond acceptors (Lipinski definition) is 7. The van der Waals surface area contributed by atoms with Gasteiger partial charge in [0.2, 0.25) is 11.9 Å². The highest BCUT2D eigenvalue weighted by Crippen LogP contribution is 2.36. The van der Waals surface area contributed by atoms with Crippen molar-refractivity contribution in [1.82, 2.24) is 24.4 Å². The SMILES string of the molecule is Nc1nc2c(ncn2C2CC(CO)N(C(=O)CCP(=O)(O)O)C2)c(=O)[nH]1. The van der Waals surface area contributed by atoms with Crippen molar-refractivity contribution in [3.8, 4) is 0 Å². The van der Waals surface area contributed by atoms with E-state index >= 15 is 0 Å². The fraction of sp³-hybridized carbons (Fsp3) is 0.538. The molecule has 0 spiro atoms. The number of nitrogens with zero attached hydrogens (tertiary/aromatic N) is 4. The van der Waals surface area contributed by atoms with Gasteiger partial charge in [0.05, 0.1) is 31.2 Å². The lowest BCUT2D eigenvalue weighted by Crippen LogP contribution is -2.38. The molecule has 0 aliphatic carbocycles. The molecule has 0 radical (unpaired) electrons. The number of carbonyl (C=O) groups is 1. The maximum atomic E-state index is 12.3. The molecule has 2 aromatic rings. The van der Waals surface area contributed by atoms with Gasteiger partial charge in [0.1, 0.15) is 0 Å². The molecule has 13 heteroatoms. The van der Waals surface area contributed by atoms with Crippen LogP contribution >= 0.6 is 7.60 Å². The van der Waals surface area contributed by atoms with Gasteiger partial charge in [0, 0.05) is 13.0 Å². The second kappa shape index (κ2) is 6.80. The Labute approximate surface area is 146 Å². The highest BCUT2D eigenvalue weighted by Gasteiger charge is 2.36. The number of aromatic nitrogens is 4. The summed E-state index contributed by atoms with van der Waals surface area (Å²) >= 11 is 0. The Bertz CT molecular complexity index is 935. The molecule has 2 aromatic heterocycles. The molecule has 12 nitrogen and oxygen atoms in total. The number of hydrogen-bond donors (Lipinski definition) is 5. The number of nitrogens with one attached hydrogen (secondary N) is 1. The van der Waals surface area contributed by atoms with Crippen molar-refractivity contribution >= 4 is 30.6 Å². The minimum Gasteiger partial charge on any atom is -0.394 e. The number of aliphatic hydroxyl groups is 1. The summed E-state index contributed by atoms with van der Waals surface area (Å²) in [5.41, 5.74) is 5.49. The quantitative estimate of drug-likeness (QED) is 0.377. The fourth-order valence-corrected chi connectivity index (χ4v) is 3.65. The van der Waals surface area contributed by atoms with E-state index in [1.807, 2.05) is 0 Å². The Kier molecular flexibility index (Phi) is 4.84. The van der Waals surface area contributed by atoms with Crippen LogP contribution in [0.3, 0.4) is 0 Å². The van der Waals surface area contributed by atoms with Gasteiger partial charge in [-0.05, 0) is 6.42 Å². The van der Waals surface area contributed by atoms with Crippen molar-refractivity contribution in [1.29, 1.82) is 0 Å². The first-order valence-corrected chi connectivity index (χ1v) is 9.66. The molecule has 6 N–H and O–H groups in total. The second-order valence-corrected chi connectivity index (χ2v) is 7.96.